The topological polar surface area (TPSA) is 55.4 Å². The van der Waals surface area contributed by atoms with Crippen molar-refractivity contribution in [3.63, 3.8) is 0 Å². The van der Waals surface area contributed by atoms with Crippen molar-refractivity contribution in [2.75, 3.05) is 5.32 Å². The fourth-order valence-electron chi connectivity index (χ4n) is 1.75. The number of carbonyl (C=O) groups excluding carboxylic acids is 2. The summed E-state index contributed by atoms with van der Waals surface area (Å²) in [6.45, 7) is 3.48. The molecule has 0 saturated carbocycles. The van der Waals surface area contributed by atoms with E-state index in [1.165, 1.54) is 0 Å². The minimum atomic E-state index is -0.877. The number of hydrogen-bond acceptors (Lipinski definition) is 3. The Morgan fingerprint density at radius 3 is 2.23 bits per heavy atom. The summed E-state index contributed by atoms with van der Waals surface area (Å²) in [5.41, 5.74) is 2.12. The van der Waals surface area contributed by atoms with E-state index in [-0.39, 0.29) is 5.91 Å². The molecular weight excluding hydrogens is 346 g/mol. The highest BCUT2D eigenvalue weighted by Crippen LogP contribution is 2.15. The van der Waals surface area contributed by atoms with E-state index in [0.29, 0.717) is 11.3 Å². The first-order valence-electron chi connectivity index (χ1n) is 6.80. The Labute approximate surface area is 137 Å². The number of carbonyl (C=O) groups is 2. The standard InChI is InChI=1S/C17H16BrNO3/c1-11-3-5-13(6-4-11)17(21)22-12(2)16(20)19-15-9-7-14(18)8-10-15/h3-10,12H,1-2H3,(H,19,20)/t12-/m0/s1. The molecule has 0 aliphatic heterocycles. The van der Waals surface area contributed by atoms with E-state index < -0.39 is 12.1 Å². The smallest absolute Gasteiger partial charge is 0.338 e. The van der Waals surface area contributed by atoms with Crippen LogP contribution in [0.1, 0.15) is 22.8 Å². The van der Waals surface area contributed by atoms with Gasteiger partial charge in [-0.2, -0.15) is 0 Å². The van der Waals surface area contributed by atoms with Crippen LogP contribution in [0.25, 0.3) is 0 Å². The van der Waals surface area contributed by atoms with Crippen molar-refractivity contribution >= 4 is 33.5 Å². The van der Waals surface area contributed by atoms with Gasteiger partial charge in [-0.1, -0.05) is 33.6 Å². The van der Waals surface area contributed by atoms with E-state index >= 15 is 0 Å². The summed E-state index contributed by atoms with van der Waals surface area (Å²) in [6.07, 6.45) is -0.877. The highest BCUT2D eigenvalue weighted by Gasteiger charge is 2.18. The van der Waals surface area contributed by atoms with E-state index in [4.69, 9.17) is 4.74 Å². The molecule has 0 aliphatic rings. The number of ether oxygens (including phenoxy) is 1. The number of halogens is 1. The number of esters is 1. The number of aryl methyl sites for hydroxylation is 1. The minimum absolute atomic E-state index is 0.372. The zero-order valence-electron chi connectivity index (χ0n) is 12.3. The van der Waals surface area contributed by atoms with Crippen LogP contribution < -0.4 is 5.32 Å². The van der Waals surface area contributed by atoms with E-state index in [2.05, 4.69) is 21.2 Å². The van der Waals surface area contributed by atoms with Crippen molar-refractivity contribution < 1.29 is 14.3 Å². The lowest BCUT2D eigenvalue weighted by molar-refractivity contribution is -0.123. The van der Waals surface area contributed by atoms with Gasteiger partial charge in [-0.05, 0) is 50.2 Å². The van der Waals surface area contributed by atoms with Crippen LogP contribution in [0.5, 0.6) is 0 Å². The Kier molecular flexibility index (Phi) is 5.33. The molecule has 22 heavy (non-hydrogen) atoms. The van der Waals surface area contributed by atoms with Gasteiger partial charge < -0.3 is 10.1 Å². The third-order valence-corrected chi connectivity index (χ3v) is 3.58. The number of anilines is 1. The fourth-order valence-corrected chi connectivity index (χ4v) is 2.01. The first-order chi connectivity index (χ1) is 10.5. The molecule has 2 rings (SSSR count). The molecule has 114 valence electrons. The van der Waals surface area contributed by atoms with Crippen LogP contribution in [0.2, 0.25) is 0 Å². The summed E-state index contributed by atoms with van der Waals surface area (Å²) < 4.78 is 6.09. The third-order valence-electron chi connectivity index (χ3n) is 3.05. The van der Waals surface area contributed by atoms with Crippen molar-refractivity contribution in [2.24, 2.45) is 0 Å². The van der Waals surface area contributed by atoms with Crippen molar-refractivity contribution in [3.05, 3.63) is 64.1 Å². The molecule has 0 heterocycles. The Morgan fingerprint density at radius 2 is 1.64 bits per heavy atom. The number of rotatable bonds is 4. The Morgan fingerprint density at radius 1 is 1.05 bits per heavy atom. The first-order valence-corrected chi connectivity index (χ1v) is 7.59. The summed E-state index contributed by atoms with van der Waals surface area (Å²) in [5, 5.41) is 2.70. The van der Waals surface area contributed by atoms with Gasteiger partial charge in [0, 0.05) is 10.2 Å². The zero-order valence-corrected chi connectivity index (χ0v) is 13.9. The number of hydrogen-bond donors (Lipinski definition) is 1. The average molecular weight is 362 g/mol. The van der Waals surface area contributed by atoms with Crippen LogP contribution in [0.15, 0.2) is 53.0 Å². The maximum absolute atomic E-state index is 12.0. The average Bonchev–Trinajstić information content (AvgIpc) is 2.50. The molecular formula is C17H16BrNO3. The summed E-state index contributed by atoms with van der Waals surface area (Å²) in [7, 11) is 0. The van der Waals surface area contributed by atoms with Gasteiger partial charge in [0.25, 0.3) is 5.91 Å². The molecule has 0 bridgehead atoms. The predicted molar refractivity (Wildman–Crippen MR) is 88.8 cm³/mol. The highest BCUT2D eigenvalue weighted by molar-refractivity contribution is 9.10. The lowest BCUT2D eigenvalue weighted by atomic mass is 10.1. The van der Waals surface area contributed by atoms with Crippen LogP contribution in [0, 0.1) is 6.92 Å². The Hall–Kier alpha value is -2.14. The van der Waals surface area contributed by atoms with E-state index in [1.54, 1.807) is 31.2 Å². The zero-order chi connectivity index (χ0) is 16.1. The monoisotopic (exact) mass is 361 g/mol. The maximum atomic E-state index is 12.0. The fraction of sp³-hybridized carbons (Fsp3) is 0.176. The van der Waals surface area contributed by atoms with Crippen LogP contribution in [0.4, 0.5) is 5.69 Å². The normalized spacial score (nSPS) is 11.6. The Bertz CT molecular complexity index is 665. The summed E-state index contributed by atoms with van der Waals surface area (Å²) in [5.74, 6) is -0.888. The molecule has 0 saturated heterocycles. The predicted octanol–water partition coefficient (Wildman–Crippen LogP) is 3.94. The van der Waals surface area contributed by atoms with Crippen molar-refractivity contribution in [3.8, 4) is 0 Å². The molecule has 0 aromatic heterocycles. The summed E-state index contributed by atoms with van der Waals surface area (Å²) in [4.78, 5) is 24.0. The number of nitrogens with one attached hydrogen (secondary N) is 1. The number of benzene rings is 2. The van der Waals surface area contributed by atoms with Crippen molar-refractivity contribution in [1.82, 2.24) is 0 Å². The molecule has 1 N–H and O–H groups in total. The van der Waals surface area contributed by atoms with Gasteiger partial charge >= 0.3 is 5.97 Å². The van der Waals surface area contributed by atoms with Gasteiger partial charge in [0.15, 0.2) is 6.10 Å². The molecule has 4 nitrogen and oxygen atoms in total. The molecule has 1 atom stereocenters. The third kappa shape index (κ3) is 4.43. The molecule has 1 amide bonds. The van der Waals surface area contributed by atoms with Crippen LogP contribution >= 0.6 is 15.9 Å². The molecule has 0 aliphatic carbocycles. The van der Waals surface area contributed by atoms with E-state index in [1.807, 2.05) is 31.2 Å². The van der Waals surface area contributed by atoms with E-state index in [9.17, 15) is 9.59 Å². The molecule has 0 unspecified atom stereocenters. The van der Waals surface area contributed by atoms with Gasteiger partial charge in [-0.3, -0.25) is 4.79 Å². The molecule has 2 aromatic rings. The quantitative estimate of drug-likeness (QED) is 0.839. The van der Waals surface area contributed by atoms with Crippen LogP contribution in [0.3, 0.4) is 0 Å². The van der Waals surface area contributed by atoms with Gasteiger partial charge in [-0.25, -0.2) is 4.79 Å². The highest BCUT2D eigenvalue weighted by atomic mass is 79.9. The molecule has 5 heteroatoms. The molecule has 0 fully saturated rings. The largest absolute Gasteiger partial charge is 0.449 e. The summed E-state index contributed by atoms with van der Waals surface area (Å²) in [6, 6.07) is 14.2. The van der Waals surface area contributed by atoms with Gasteiger partial charge in [0.1, 0.15) is 0 Å². The summed E-state index contributed by atoms with van der Waals surface area (Å²) >= 11 is 3.32. The van der Waals surface area contributed by atoms with Crippen molar-refractivity contribution in [1.29, 1.82) is 0 Å². The lowest BCUT2D eigenvalue weighted by Gasteiger charge is -2.13. The number of amides is 1. The second-order valence-electron chi connectivity index (χ2n) is 4.91. The Balaban J connectivity index is 1.94. The lowest BCUT2D eigenvalue weighted by Crippen LogP contribution is -2.29. The van der Waals surface area contributed by atoms with Crippen LogP contribution in [-0.4, -0.2) is 18.0 Å². The van der Waals surface area contributed by atoms with Gasteiger partial charge in [0.2, 0.25) is 0 Å². The second-order valence-corrected chi connectivity index (χ2v) is 5.83. The van der Waals surface area contributed by atoms with E-state index in [0.717, 1.165) is 10.0 Å². The first kappa shape index (κ1) is 16.2. The van der Waals surface area contributed by atoms with Crippen LogP contribution in [-0.2, 0) is 9.53 Å². The van der Waals surface area contributed by atoms with Crippen molar-refractivity contribution in [2.45, 2.75) is 20.0 Å². The molecule has 2 aromatic carbocycles. The molecule has 0 spiro atoms. The second kappa shape index (κ2) is 7.22. The van der Waals surface area contributed by atoms with Gasteiger partial charge in [-0.15, -0.1) is 0 Å². The minimum Gasteiger partial charge on any atom is -0.449 e. The van der Waals surface area contributed by atoms with Gasteiger partial charge in [0.05, 0.1) is 5.56 Å². The molecule has 0 radical (unpaired) electrons. The SMILES string of the molecule is Cc1ccc(C(=O)O[C@@H](C)C(=O)Nc2ccc(Br)cc2)cc1. The maximum Gasteiger partial charge on any atom is 0.338 e.